The number of amides is 5. The fourth-order valence-electron chi connectivity index (χ4n) is 6.48. The van der Waals surface area contributed by atoms with Crippen LogP contribution in [0.4, 0.5) is 0 Å². The highest BCUT2D eigenvalue weighted by Gasteiger charge is 2.37. The van der Waals surface area contributed by atoms with Gasteiger partial charge < -0.3 is 42.2 Å². The molecule has 2 aromatic rings. The number of hydrogen-bond donors (Lipinski definition) is 8. The van der Waals surface area contributed by atoms with Crippen LogP contribution < -0.4 is 41.8 Å². The number of carbonyl (C=O) groups excluding carboxylic acids is 5. The van der Waals surface area contributed by atoms with Gasteiger partial charge in [0.15, 0.2) is 0 Å². The zero-order chi connectivity index (χ0) is 45.5. The number of carboxylic acid groups (broad SMARTS) is 1. The number of nitrogens with one attached hydrogen (secondary N) is 6. The van der Waals surface area contributed by atoms with E-state index in [-0.39, 0.29) is 37.2 Å². The Morgan fingerprint density at radius 1 is 0.951 bits per heavy atom. The van der Waals surface area contributed by atoms with Crippen molar-refractivity contribution in [3.05, 3.63) is 68.6 Å². The van der Waals surface area contributed by atoms with Gasteiger partial charge in [-0.2, -0.15) is 0 Å². The molecule has 0 fully saturated rings. The summed E-state index contributed by atoms with van der Waals surface area (Å²) < 4.78 is 35.7. The number of terminal acetylenes is 1. The average Bonchev–Trinajstić information content (AvgIpc) is 3.53. The van der Waals surface area contributed by atoms with Crippen LogP contribution in [-0.2, 0) is 51.6 Å². The van der Waals surface area contributed by atoms with Crippen molar-refractivity contribution < 1.29 is 47.0 Å². The van der Waals surface area contributed by atoms with Gasteiger partial charge in [-0.3, -0.25) is 33.8 Å². The maximum Gasteiger partial charge on any atom is 0.305 e. The molecule has 0 saturated heterocycles. The Morgan fingerprint density at radius 3 is 2.25 bits per heavy atom. The van der Waals surface area contributed by atoms with E-state index in [2.05, 4.69) is 52.2 Å². The fourth-order valence-corrected chi connectivity index (χ4v) is 8.01. The van der Waals surface area contributed by atoms with Crippen molar-refractivity contribution in [1.29, 1.82) is 0 Å². The van der Waals surface area contributed by atoms with E-state index < -0.39 is 94.7 Å². The lowest BCUT2D eigenvalue weighted by Gasteiger charge is -2.23. The normalized spacial score (nSPS) is 14.3. The molecule has 0 radical (unpaired) electrons. The Labute approximate surface area is 353 Å². The Bertz CT molecular complexity index is 2230. The van der Waals surface area contributed by atoms with Gasteiger partial charge in [0, 0.05) is 29.9 Å². The summed E-state index contributed by atoms with van der Waals surface area (Å²) in [4.78, 5) is 83.0. The summed E-state index contributed by atoms with van der Waals surface area (Å²) in [6, 6.07) is 4.39. The van der Waals surface area contributed by atoms with Gasteiger partial charge in [0.1, 0.15) is 36.0 Å². The molecule has 3 atom stereocenters. The highest BCUT2D eigenvalue weighted by atomic mass is 32.2. The number of ether oxygens (including phenoxy) is 1. The second-order valence-corrected chi connectivity index (χ2v) is 16.3. The summed E-state index contributed by atoms with van der Waals surface area (Å²) in [5, 5.41) is 24.3. The van der Waals surface area contributed by atoms with Gasteiger partial charge in [-0.05, 0) is 75.2 Å². The maximum atomic E-state index is 13.7. The van der Waals surface area contributed by atoms with Gasteiger partial charge in [-0.25, -0.2) is 13.1 Å². The fraction of sp³-hybridized carbons (Fsp3) is 0.462. The van der Waals surface area contributed by atoms with Gasteiger partial charge in [0.05, 0.1) is 24.4 Å². The number of benzene rings is 2. The largest absolute Gasteiger partial charge is 0.487 e. The van der Waals surface area contributed by atoms with Crippen molar-refractivity contribution >= 4 is 51.5 Å². The Kier molecular flexibility index (Phi) is 17.5. The van der Waals surface area contributed by atoms with Crippen molar-refractivity contribution in [2.75, 3.05) is 26.2 Å². The molecule has 3 rings (SSSR count). The predicted molar refractivity (Wildman–Crippen MR) is 222 cm³/mol. The molecule has 5 amide bonds. The van der Waals surface area contributed by atoms with Crippen LogP contribution in [0.1, 0.15) is 60.9 Å². The smallest absolute Gasteiger partial charge is 0.305 e. The zero-order valence-corrected chi connectivity index (χ0v) is 35.3. The van der Waals surface area contributed by atoms with Gasteiger partial charge in [0.2, 0.25) is 35.5 Å². The summed E-state index contributed by atoms with van der Waals surface area (Å²) in [6.45, 7) is 7.24. The number of sulfonamides is 1. The van der Waals surface area contributed by atoms with Gasteiger partial charge in [-0.1, -0.05) is 41.4 Å². The minimum absolute atomic E-state index is 0.0258. The standard InChI is InChI=1S/C39H51N11O10S/c1-7-15-42-36(56)29(18-32(53)54)47-30(51)20-44-35(55)27(48-37(57)28(46-31(52)21-45-50-41)17-25-12-9-8-10-13-25)14-11-16-43-38(40)49-61(58,59)34-23(3)22(2)33-26(24(34)4)19-39(5,6)60-33/h1,8-10,12-13,27-29H,11,14-21H2,2-6H3,(H,42,56)(H,44,55)(H,46,52)(H,47,51)(H,48,57)(H,53,54)(H3,40,43,49)/t27-,28-,29-/m0/s1. The minimum Gasteiger partial charge on any atom is -0.487 e. The molecule has 1 aliphatic heterocycles. The third kappa shape index (κ3) is 14.4. The molecule has 0 bridgehead atoms. The number of guanidine groups is 1. The van der Waals surface area contributed by atoms with E-state index in [9.17, 15) is 42.3 Å². The van der Waals surface area contributed by atoms with E-state index >= 15 is 0 Å². The number of aliphatic carboxylic acids is 1. The molecular formula is C39H51N11O10S. The first-order valence-electron chi connectivity index (χ1n) is 19.0. The first-order chi connectivity index (χ1) is 28.7. The summed E-state index contributed by atoms with van der Waals surface area (Å²) in [7, 11) is -4.23. The van der Waals surface area contributed by atoms with Crippen LogP contribution in [0.5, 0.6) is 5.75 Å². The third-order valence-corrected chi connectivity index (χ3v) is 11.0. The number of hydrogen-bond acceptors (Lipinski definition) is 11. The number of carboxylic acids is 1. The van der Waals surface area contributed by atoms with E-state index in [0.29, 0.717) is 34.4 Å². The minimum atomic E-state index is -4.23. The summed E-state index contributed by atoms with van der Waals surface area (Å²) >= 11 is 0. The molecule has 0 unspecified atom stereocenters. The van der Waals surface area contributed by atoms with Crippen LogP contribution in [0, 0.1) is 33.1 Å². The molecule has 61 heavy (non-hydrogen) atoms. The van der Waals surface area contributed by atoms with Gasteiger partial charge >= 0.3 is 5.97 Å². The van der Waals surface area contributed by atoms with Crippen LogP contribution in [0.25, 0.3) is 10.4 Å². The number of carbonyl (C=O) groups is 6. The van der Waals surface area contributed by atoms with Crippen molar-refractivity contribution in [2.45, 2.75) is 95.3 Å². The summed E-state index contributed by atoms with van der Waals surface area (Å²) in [6.07, 6.45) is 4.69. The van der Waals surface area contributed by atoms with E-state index in [1.165, 1.54) is 0 Å². The molecule has 0 aliphatic carbocycles. The Hall–Kier alpha value is -6.85. The van der Waals surface area contributed by atoms with Crippen LogP contribution >= 0.6 is 0 Å². The van der Waals surface area contributed by atoms with Crippen molar-refractivity contribution in [3.8, 4) is 18.1 Å². The third-order valence-electron chi connectivity index (χ3n) is 9.40. The predicted octanol–water partition coefficient (Wildman–Crippen LogP) is 0.0463. The second-order valence-electron chi connectivity index (χ2n) is 14.7. The summed E-state index contributed by atoms with van der Waals surface area (Å²) in [5.74, 6) is -3.35. The van der Waals surface area contributed by atoms with Crippen LogP contribution in [0.3, 0.4) is 0 Å². The zero-order valence-electron chi connectivity index (χ0n) is 34.5. The van der Waals surface area contributed by atoms with Crippen LogP contribution in [-0.4, -0.2) is 105 Å². The maximum absolute atomic E-state index is 13.7. The first kappa shape index (κ1) is 48.5. The molecule has 1 heterocycles. The lowest BCUT2D eigenvalue weighted by atomic mass is 9.94. The van der Waals surface area contributed by atoms with Crippen molar-refractivity contribution in [3.63, 3.8) is 0 Å². The Morgan fingerprint density at radius 2 is 1.61 bits per heavy atom. The van der Waals surface area contributed by atoms with Crippen molar-refractivity contribution in [2.24, 2.45) is 15.8 Å². The SMILES string of the molecule is C#CCNC(=O)[C@H](CC(=O)O)NC(=O)CNC(=O)[C@H](CCCN=C(N)NS(=O)(=O)c1c(C)c(C)c2c(c1C)CC(C)(C)O2)NC(=O)[C@H](Cc1ccccc1)NC(=O)CN=[N+]=[N-]. The van der Waals surface area contributed by atoms with Gasteiger partial charge in [-0.15, -0.1) is 6.42 Å². The molecule has 328 valence electrons. The lowest BCUT2D eigenvalue weighted by molar-refractivity contribution is -0.140. The molecule has 22 heteroatoms. The molecule has 0 saturated carbocycles. The number of rotatable bonds is 21. The monoisotopic (exact) mass is 865 g/mol. The van der Waals surface area contributed by atoms with E-state index in [1.54, 1.807) is 51.1 Å². The quantitative estimate of drug-likeness (QED) is 0.0158. The number of aliphatic imine (C=N–C) groups is 1. The van der Waals surface area contributed by atoms with E-state index in [1.807, 2.05) is 13.8 Å². The first-order valence-corrected chi connectivity index (χ1v) is 20.5. The van der Waals surface area contributed by atoms with Gasteiger partial charge in [0.25, 0.3) is 10.0 Å². The number of nitrogens with zero attached hydrogens (tertiary/aromatic N) is 4. The lowest BCUT2D eigenvalue weighted by Crippen LogP contribution is -2.56. The van der Waals surface area contributed by atoms with Crippen molar-refractivity contribution in [1.82, 2.24) is 31.3 Å². The number of nitrogens with two attached hydrogens (primary N) is 1. The Balaban J connectivity index is 1.80. The topological polar surface area (TPSA) is 325 Å². The molecule has 0 aromatic heterocycles. The number of azide groups is 1. The number of fused-ring (bicyclic) bond motifs is 1. The molecule has 0 spiro atoms. The van der Waals surface area contributed by atoms with E-state index in [0.717, 1.165) is 5.56 Å². The molecule has 9 N–H and O–H groups in total. The second kappa shape index (κ2) is 22.0. The van der Waals surface area contributed by atoms with E-state index in [4.69, 9.17) is 22.4 Å². The molecule has 1 aliphatic rings. The molecule has 21 nitrogen and oxygen atoms in total. The molecular weight excluding hydrogens is 815 g/mol. The highest BCUT2D eigenvalue weighted by Crippen LogP contribution is 2.43. The summed E-state index contributed by atoms with van der Waals surface area (Å²) in [5.41, 5.74) is 17.3. The highest BCUT2D eigenvalue weighted by molar-refractivity contribution is 7.90. The average molecular weight is 866 g/mol. The van der Waals surface area contributed by atoms with Crippen LogP contribution in [0.2, 0.25) is 0 Å². The van der Waals surface area contributed by atoms with Crippen LogP contribution in [0.15, 0.2) is 45.3 Å². The molecule has 2 aromatic carbocycles.